The number of aromatic nitrogens is 4. The number of carbonyl (C=O) groups excluding carboxylic acids is 2. The van der Waals surface area contributed by atoms with E-state index in [1.54, 1.807) is 18.2 Å². The summed E-state index contributed by atoms with van der Waals surface area (Å²) < 4.78 is 5.55. The highest BCUT2D eigenvalue weighted by atomic mass is 16.5. The number of nitrogens with one attached hydrogen (secondary N) is 2. The summed E-state index contributed by atoms with van der Waals surface area (Å²) in [5.74, 6) is -0.419. The Balaban J connectivity index is 1.40. The van der Waals surface area contributed by atoms with Crippen LogP contribution in [0.1, 0.15) is 40.1 Å². The van der Waals surface area contributed by atoms with Gasteiger partial charge in [0.1, 0.15) is 12.1 Å². The number of fused-ring (bicyclic) bond motifs is 1. The second kappa shape index (κ2) is 8.19. The van der Waals surface area contributed by atoms with Gasteiger partial charge in [0, 0.05) is 44.1 Å². The molecule has 0 aliphatic carbocycles. The average Bonchev–Trinajstić information content (AvgIpc) is 3.39. The largest absolute Gasteiger partial charge is 0.508 e. The van der Waals surface area contributed by atoms with Crippen LogP contribution in [0.2, 0.25) is 0 Å². The minimum Gasteiger partial charge on any atom is -0.508 e. The van der Waals surface area contributed by atoms with Gasteiger partial charge < -0.3 is 20.1 Å². The number of aromatic hydroxyl groups is 1. The number of rotatable bonds is 4. The molecule has 2 aliphatic rings. The highest BCUT2D eigenvalue weighted by Gasteiger charge is 2.47. The van der Waals surface area contributed by atoms with E-state index in [0.717, 1.165) is 19.3 Å². The van der Waals surface area contributed by atoms with Crippen LogP contribution < -0.4 is 5.32 Å². The third-order valence-electron chi connectivity index (χ3n) is 6.50. The number of aromatic amines is 1. The Morgan fingerprint density at radius 3 is 2.81 bits per heavy atom. The fourth-order valence-electron chi connectivity index (χ4n) is 4.78. The van der Waals surface area contributed by atoms with Crippen molar-refractivity contribution >= 4 is 22.7 Å². The lowest BCUT2D eigenvalue weighted by Crippen LogP contribution is -2.43. The summed E-state index contributed by atoms with van der Waals surface area (Å²) in [7, 11) is 0. The van der Waals surface area contributed by atoms with Crippen molar-refractivity contribution in [3.63, 3.8) is 0 Å². The molecule has 2 amide bonds. The number of nitrogens with zero attached hydrogens (tertiary/aromatic N) is 4. The lowest BCUT2D eigenvalue weighted by Gasteiger charge is -2.32. The van der Waals surface area contributed by atoms with Crippen molar-refractivity contribution in [1.29, 1.82) is 0 Å². The Hall–Kier alpha value is -3.53. The maximum Gasteiger partial charge on any atom is 0.275 e. The molecule has 2 aliphatic heterocycles. The van der Waals surface area contributed by atoms with E-state index < -0.39 is 0 Å². The number of H-pyrrole nitrogens is 1. The molecule has 1 unspecified atom stereocenters. The Morgan fingerprint density at radius 2 is 2.03 bits per heavy atom. The van der Waals surface area contributed by atoms with Gasteiger partial charge in [-0.2, -0.15) is 5.10 Å². The van der Waals surface area contributed by atoms with Crippen LogP contribution in [-0.2, 0) is 4.74 Å². The fourth-order valence-corrected chi connectivity index (χ4v) is 4.78. The molecule has 3 aromatic rings. The van der Waals surface area contributed by atoms with E-state index in [2.05, 4.69) is 25.5 Å². The van der Waals surface area contributed by atoms with Crippen LogP contribution in [0.5, 0.6) is 5.75 Å². The van der Waals surface area contributed by atoms with Crippen molar-refractivity contribution in [2.75, 3.05) is 26.3 Å². The summed E-state index contributed by atoms with van der Waals surface area (Å²) in [6.07, 6.45) is 6.81. The van der Waals surface area contributed by atoms with Gasteiger partial charge in [0.15, 0.2) is 5.69 Å². The van der Waals surface area contributed by atoms with Crippen molar-refractivity contribution in [1.82, 2.24) is 30.4 Å². The Kier molecular flexibility index (Phi) is 5.22. The highest BCUT2D eigenvalue weighted by Crippen LogP contribution is 2.43. The van der Waals surface area contributed by atoms with Crippen LogP contribution >= 0.6 is 0 Å². The van der Waals surface area contributed by atoms with Gasteiger partial charge in [-0.25, -0.2) is 9.97 Å². The first kappa shape index (κ1) is 20.4. The first-order valence-electron chi connectivity index (χ1n) is 10.6. The van der Waals surface area contributed by atoms with Crippen molar-refractivity contribution in [2.45, 2.75) is 25.3 Å². The number of hydrogen-bond donors (Lipinski definition) is 3. The molecule has 2 saturated heterocycles. The predicted molar refractivity (Wildman–Crippen MR) is 114 cm³/mol. The molecule has 5 rings (SSSR count). The first-order valence-corrected chi connectivity index (χ1v) is 10.6. The molecule has 32 heavy (non-hydrogen) atoms. The molecule has 1 aromatic carbocycles. The van der Waals surface area contributed by atoms with Gasteiger partial charge >= 0.3 is 0 Å². The molecule has 2 aromatic heterocycles. The predicted octanol–water partition coefficient (Wildman–Crippen LogP) is 1.50. The van der Waals surface area contributed by atoms with Crippen LogP contribution in [-0.4, -0.2) is 74.3 Å². The van der Waals surface area contributed by atoms with Crippen LogP contribution in [0, 0.1) is 5.41 Å². The van der Waals surface area contributed by atoms with Gasteiger partial charge in [0.2, 0.25) is 0 Å². The van der Waals surface area contributed by atoms with E-state index in [9.17, 15) is 14.7 Å². The minimum absolute atomic E-state index is 0.0343. The maximum absolute atomic E-state index is 13.6. The van der Waals surface area contributed by atoms with Crippen LogP contribution in [0.4, 0.5) is 0 Å². The molecular weight excluding hydrogens is 412 g/mol. The summed E-state index contributed by atoms with van der Waals surface area (Å²) in [5, 5.41) is 20.5. The molecule has 1 atom stereocenters. The SMILES string of the molecule is O=C(NCC1CC2(CCOCC2)CN1C(=O)c1n[nH]c2ccc(O)cc12)c1cncnc1. The number of ether oxygens (including phenoxy) is 1. The number of likely N-dealkylation sites (tertiary alicyclic amines) is 1. The van der Waals surface area contributed by atoms with Crippen LogP contribution in [0.25, 0.3) is 10.9 Å². The zero-order valence-corrected chi connectivity index (χ0v) is 17.5. The highest BCUT2D eigenvalue weighted by molar-refractivity contribution is 6.05. The molecule has 4 heterocycles. The third kappa shape index (κ3) is 3.77. The quantitative estimate of drug-likeness (QED) is 0.564. The van der Waals surface area contributed by atoms with Crippen molar-refractivity contribution in [3.8, 4) is 5.75 Å². The third-order valence-corrected chi connectivity index (χ3v) is 6.50. The molecule has 166 valence electrons. The summed E-state index contributed by atoms with van der Waals surface area (Å²) in [6, 6.07) is 4.60. The molecular formula is C22H24N6O4. The smallest absolute Gasteiger partial charge is 0.275 e. The van der Waals surface area contributed by atoms with Crippen molar-refractivity contribution < 1.29 is 19.4 Å². The van der Waals surface area contributed by atoms with E-state index >= 15 is 0 Å². The second-order valence-corrected chi connectivity index (χ2v) is 8.54. The second-order valence-electron chi connectivity index (χ2n) is 8.54. The van der Waals surface area contributed by atoms with Crippen LogP contribution in [0.15, 0.2) is 36.9 Å². The lowest BCUT2D eigenvalue weighted by molar-refractivity contribution is 0.0190. The summed E-state index contributed by atoms with van der Waals surface area (Å²) >= 11 is 0. The topological polar surface area (TPSA) is 133 Å². The zero-order chi connectivity index (χ0) is 22.1. The lowest BCUT2D eigenvalue weighted by atomic mass is 9.78. The number of phenolic OH excluding ortho intramolecular Hbond substituents is 1. The zero-order valence-electron chi connectivity index (χ0n) is 17.5. The summed E-state index contributed by atoms with van der Waals surface area (Å²) in [6.45, 7) is 2.23. The summed E-state index contributed by atoms with van der Waals surface area (Å²) in [5.41, 5.74) is 1.29. The molecule has 0 saturated carbocycles. The first-order chi connectivity index (χ1) is 15.5. The molecule has 3 N–H and O–H groups in total. The monoisotopic (exact) mass is 436 g/mol. The number of hydrogen-bond acceptors (Lipinski definition) is 7. The minimum atomic E-state index is -0.277. The Labute approximate surface area is 184 Å². The van der Waals surface area contributed by atoms with Gasteiger partial charge in [-0.3, -0.25) is 14.7 Å². The van der Waals surface area contributed by atoms with E-state index in [1.807, 2.05) is 4.90 Å². The number of carbonyl (C=O) groups is 2. The summed E-state index contributed by atoms with van der Waals surface area (Å²) in [4.78, 5) is 35.7. The van der Waals surface area contributed by atoms with E-state index in [0.29, 0.717) is 42.8 Å². The molecule has 1 spiro atoms. The maximum atomic E-state index is 13.6. The van der Waals surface area contributed by atoms with Gasteiger partial charge in [0.05, 0.1) is 17.1 Å². The van der Waals surface area contributed by atoms with Gasteiger partial charge in [-0.05, 0) is 42.9 Å². The molecule has 0 bridgehead atoms. The normalized spacial score (nSPS) is 20.0. The number of phenols is 1. The number of amides is 2. The van der Waals surface area contributed by atoms with Crippen molar-refractivity contribution in [2.24, 2.45) is 5.41 Å². The van der Waals surface area contributed by atoms with E-state index in [1.165, 1.54) is 18.7 Å². The van der Waals surface area contributed by atoms with Gasteiger partial charge in [-0.15, -0.1) is 0 Å². The van der Waals surface area contributed by atoms with Gasteiger partial charge in [0.25, 0.3) is 11.8 Å². The number of benzene rings is 1. The molecule has 10 nitrogen and oxygen atoms in total. The van der Waals surface area contributed by atoms with Crippen LogP contribution in [0.3, 0.4) is 0 Å². The Morgan fingerprint density at radius 1 is 1.25 bits per heavy atom. The fraction of sp³-hybridized carbons (Fsp3) is 0.409. The van der Waals surface area contributed by atoms with E-state index in [4.69, 9.17) is 4.74 Å². The molecule has 10 heteroatoms. The standard InChI is InChI=1S/C22H24N6O4/c29-16-1-2-18-17(7-16)19(27-26-18)21(31)28-12-22(3-5-32-6-4-22)8-15(28)11-25-20(30)14-9-23-13-24-10-14/h1-2,7,9-10,13,15,29H,3-6,8,11-12H2,(H,25,30)(H,26,27). The molecule has 2 fully saturated rings. The van der Waals surface area contributed by atoms with Gasteiger partial charge in [-0.1, -0.05) is 0 Å². The molecule has 0 radical (unpaired) electrons. The average molecular weight is 436 g/mol. The van der Waals surface area contributed by atoms with Crippen molar-refractivity contribution in [3.05, 3.63) is 48.2 Å². The van der Waals surface area contributed by atoms with E-state index in [-0.39, 0.29) is 34.7 Å². The Bertz CT molecular complexity index is 1140.